The van der Waals surface area contributed by atoms with Gasteiger partial charge in [-0.1, -0.05) is 63.6 Å². The van der Waals surface area contributed by atoms with Crippen molar-refractivity contribution < 1.29 is 4.79 Å². The smallest absolute Gasteiger partial charge is 0.227 e. The first-order valence-electron chi connectivity index (χ1n) is 13.0. The largest absolute Gasteiger partial charge is 0.297 e. The number of carbonyl (C=O) groups excluding carboxylic acids is 1. The van der Waals surface area contributed by atoms with Crippen molar-refractivity contribution in [3.05, 3.63) is 59.8 Å². The fourth-order valence-electron chi connectivity index (χ4n) is 6.11. The molecule has 1 aliphatic heterocycles. The summed E-state index contributed by atoms with van der Waals surface area (Å²) in [5, 5.41) is 9.39. The van der Waals surface area contributed by atoms with Gasteiger partial charge in [-0.15, -0.1) is 0 Å². The topological polar surface area (TPSA) is 63.5 Å². The van der Waals surface area contributed by atoms with Gasteiger partial charge in [-0.25, -0.2) is 4.98 Å². The highest BCUT2D eigenvalue weighted by Crippen LogP contribution is 2.45. The lowest BCUT2D eigenvalue weighted by Crippen LogP contribution is -2.64. The van der Waals surface area contributed by atoms with Crippen molar-refractivity contribution in [3.63, 3.8) is 0 Å². The zero-order valence-electron chi connectivity index (χ0n) is 21.5. The molecule has 2 aliphatic rings. The Morgan fingerprint density at radius 2 is 1.80 bits per heavy atom. The number of hydrogen-bond acceptors (Lipinski definition) is 5. The minimum Gasteiger partial charge on any atom is -0.297 e. The van der Waals surface area contributed by atoms with Crippen LogP contribution in [-0.2, 0) is 11.3 Å². The second-order valence-corrected chi connectivity index (χ2v) is 11.0. The fraction of sp³-hybridized carbons (Fsp3) is 0.552. The Morgan fingerprint density at radius 3 is 2.46 bits per heavy atom. The highest BCUT2D eigenvalue weighted by Gasteiger charge is 2.46. The summed E-state index contributed by atoms with van der Waals surface area (Å²) in [7, 11) is 0. The molecular formula is C29H39N5O. The lowest BCUT2D eigenvalue weighted by Gasteiger charge is -2.54. The fourth-order valence-corrected chi connectivity index (χ4v) is 6.11. The molecule has 186 valence electrons. The normalized spacial score (nSPS) is 22.9. The zero-order valence-corrected chi connectivity index (χ0v) is 21.5. The third-order valence-corrected chi connectivity index (χ3v) is 7.78. The third kappa shape index (κ3) is 6.09. The first-order chi connectivity index (χ1) is 16.8. The predicted octanol–water partition coefficient (Wildman–Crippen LogP) is 4.85. The van der Waals surface area contributed by atoms with E-state index in [0.717, 1.165) is 52.0 Å². The van der Waals surface area contributed by atoms with E-state index in [9.17, 15) is 10.1 Å². The molecule has 1 amide bonds. The minimum absolute atomic E-state index is 0.0676. The molecule has 35 heavy (non-hydrogen) atoms. The van der Waals surface area contributed by atoms with Gasteiger partial charge in [0.2, 0.25) is 5.91 Å². The van der Waals surface area contributed by atoms with Crippen LogP contribution in [0, 0.1) is 16.7 Å². The van der Waals surface area contributed by atoms with E-state index in [1.54, 1.807) is 6.07 Å². The molecule has 0 bridgehead atoms. The van der Waals surface area contributed by atoms with Gasteiger partial charge in [0, 0.05) is 51.2 Å². The summed E-state index contributed by atoms with van der Waals surface area (Å²) in [4.78, 5) is 24.8. The average Bonchev–Trinajstić information content (AvgIpc) is 2.87. The number of nitrogens with zero attached hydrogens (tertiary/aromatic N) is 5. The Morgan fingerprint density at radius 1 is 1.06 bits per heavy atom. The molecule has 1 atom stereocenters. The highest BCUT2D eigenvalue weighted by molar-refractivity contribution is 5.92. The van der Waals surface area contributed by atoms with Crippen molar-refractivity contribution in [2.45, 2.75) is 65.0 Å². The number of nitriles is 1. The van der Waals surface area contributed by atoms with Gasteiger partial charge in [0.05, 0.1) is 0 Å². The zero-order chi connectivity index (χ0) is 24.9. The number of rotatable bonds is 7. The van der Waals surface area contributed by atoms with Crippen molar-refractivity contribution >= 4 is 11.7 Å². The molecule has 0 spiro atoms. The molecule has 6 heteroatoms. The second-order valence-electron chi connectivity index (χ2n) is 11.0. The van der Waals surface area contributed by atoms with E-state index < -0.39 is 0 Å². The van der Waals surface area contributed by atoms with Gasteiger partial charge in [-0.3, -0.25) is 19.5 Å². The van der Waals surface area contributed by atoms with Crippen LogP contribution in [0.3, 0.4) is 0 Å². The number of aromatic nitrogens is 1. The Bertz CT molecular complexity index is 1040. The maximum atomic E-state index is 13.2. The number of amides is 1. The van der Waals surface area contributed by atoms with Gasteiger partial charge < -0.3 is 0 Å². The number of anilines is 1. The molecule has 0 radical (unpaired) electrons. The van der Waals surface area contributed by atoms with Crippen LogP contribution in [0.15, 0.2) is 48.5 Å². The van der Waals surface area contributed by atoms with Crippen molar-refractivity contribution in [3.8, 4) is 6.07 Å². The number of hydrogen-bond donors (Lipinski definition) is 0. The van der Waals surface area contributed by atoms with Crippen LogP contribution in [0.5, 0.6) is 0 Å². The van der Waals surface area contributed by atoms with E-state index in [1.807, 2.05) is 24.0 Å². The summed E-state index contributed by atoms with van der Waals surface area (Å²) in [5.74, 6) is 0.666. The van der Waals surface area contributed by atoms with Crippen LogP contribution < -0.4 is 4.90 Å². The van der Waals surface area contributed by atoms with Crippen LogP contribution in [0.2, 0.25) is 0 Å². The first-order valence-corrected chi connectivity index (χ1v) is 13.0. The van der Waals surface area contributed by atoms with E-state index in [0.29, 0.717) is 24.5 Å². The van der Waals surface area contributed by atoms with Crippen LogP contribution in [0.25, 0.3) is 0 Å². The molecule has 1 saturated heterocycles. The molecule has 1 aliphatic carbocycles. The Balaban J connectivity index is 1.57. The summed E-state index contributed by atoms with van der Waals surface area (Å²) < 4.78 is 0. The van der Waals surface area contributed by atoms with Gasteiger partial charge in [-0.2, -0.15) is 5.26 Å². The summed E-state index contributed by atoms with van der Waals surface area (Å²) in [6.07, 6.45) is 4.94. The van der Waals surface area contributed by atoms with Crippen molar-refractivity contribution in [1.82, 2.24) is 14.8 Å². The molecule has 1 saturated carbocycles. The van der Waals surface area contributed by atoms with Crippen LogP contribution in [0.1, 0.15) is 64.1 Å². The van der Waals surface area contributed by atoms with Crippen LogP contribution in [-0.4, -0.2) is 59.0 Å². The quantitative estimate of drug-likeness (QED) is 0.575. The molecule has 2 aromatic rings. The number of piperazine rings is 1. The molecule has 2 fully saturated rings. The van der Waals surface area contributed by atoms with Crippen molar-refractivity contribution in [1.29, 1.82) is 5.26 Å². The van der Waals surface area contributed by atoms with E-state index in [4.69, 9.17) is 0 Å². The van der Waals surface area contributed by atoms with E-state index in [-0.39, 0.29) is 16.9 Å². The predicted molar refractivity (Wildman–Crippen MR) is 140 cm³/mol. The van der Waals surface area contributed by atoms with Gasteiger partial charge in [-0.05, 0) is 42.4 Å². The molecule has 0 N–H and O–H groups in total. The third-order valence-electron chi connectivity index (χ3n) is 7.78. The number of benzene rings is 1. The molecule has 4 rings (SSSR count). The molecular weight excluding hydrogens is 434 g/mol. The summed E-state index contributed by atoms with van der Waals surface area (Å²) in [6, 6.07) is 18.2. The molecule has 2 heterocycles. The Hall–Kier alpha value is -2.75. The summed E-state index contributed by atoms with van der Waals surface area (Å²) in [5.41, 5.74) is 1.85. The second kappa shape index (κ2) is 10.9. The molecule has 1 aromatic heterocycles. The van der Waals surface area contributed by atoms with Crippen LogP contribution in [0.4, 0.5) is 5.82 Å². The van der Waals surface area contributed by atoms with Crippen molar-refractivity contribution in [2.24, 2.45) is 5.41 Å². The maximum Gasteiger partial charge on any atom is 0.227 e. The summed E-state index contributed by atoms with van der Waals surface area (Å²) >= 11 is 0. The lowest BCUT2D eigenvalue weighted by atomic mass is 9.67. The first kappa shape index (κ1) is 25.3. The van der Waals surface area contributed by atoms with Crippen molar-refractivity contribution in [2.75, 3.05) is 37.6 Å². The maximum absolute atomic E-state index is 13.2. The molecule has 1 unspecified atom stereocenters. The highest BCUT2D eigenvalue weighted by atomic mass is 16.2. The van der Waals surface area contributed by atoms with Gasteiger partial charge >= 0.3 is 0 Å². The summed E-state index contributed by atoms with van der Waals surface area (Å²) in [6.45, 7) is 12.3. The number of carbonyl (C=O) groups is 1. The van der Waals surface area contributed by atoms with Gasteiger partial charge in [0.15, 0.2) is 0 Å². The minimum atomic E-state index is -0.0876. The molecule has 1 aromatic carbocycles. The SMILES string of the molecule is CCC(=O)N(CC1(N2CCN(Cc3ccccc3)CC2)CCCC(C)(C)C1)c1cccc(C#N)n1. The Kier molecular flexibility index (Phi) is 7.88. The van der Waals surface area contributed by atoms with E-state index in [1.165, 1.54) is 12.0 Å². The number of pyridine rings is 1. The lowest BCUT2D eigenvalue weighted by molar-refractivity contribution is -0.119. The molecule has 6 nitrogen and oxygen atoms in total. The standard InChI is InChI=1S/C29H39N5O/c1-4-27(35)34(26-13-8-12-25(20-30)31-26)23-29(15-9-14-28(2,3)22-29)33-18-16-32(17-19-33)21-24-10-6-5-7-11-24/h5-8,10-13H,4,9,14-19,21-23H2,1-3H3. The average molecular weight is 474 g/mol. The monoisotopic (exact) mass is 473 g/mol. The van der Waals surface area contributed by atoms with Gasteiger partial charge in [0.1, 0.15) is 17.6 Å². The van der Waals surface area contributed by atoms with Crippen LogP contribution >= 0.6 is 0 Å². The van der Waals surface area contributed by atoms with Gasteiger partial charge in [0.25, 0.3) is 0 Å². The Labute approximate surface area is 210 Å². The van der Waals surface area contributed by atoms with E-state index in [2.05, 4.69) is 65.0 Å². The van der Waals surface area contributed by atoms with E-state index >= 15 is 0 Å².